The van der Waals surface area contributed by atoms with Crippen molar-refractivity contribution in [1.82, 2.24) is 15.0 Å². The molecule has 6 heteroatoms. The molecule has 0 atom stereocenters. The fourth-order valence-electron chi connectivity index (χ4n) is 2.08. The highest BCUT2D eigenvalue weighted by Crippen LogP contribution is 2.23. The molecule has 0 aliphatic rings. The molecule has 0 aliphatic carbocycles. The third-order valence-corrected chi connectivity index (χ3v) is 3.37. The van der Waals surface area contributed by atoms with E-state index in [1.54, 1.807) is 6.07 Å². The molecule has 1 aromatic carbocycles. The Kier molecular flexibility index (Phi) is 5.01. The molecular weight excluding hydrogens is 271 g/mol. The van der Waals surface area contributed by atoms with Crippen molar-refractivity contribution in [1.29, 1.82) is 5.26 Å². The van der Waals surface area contributed by atoms with E-state index < -0.39 is 5.82 Å². The lowest BCUT2D eigenvalue weighted by molar-refractivity contribution is 0.303. The highest BCUT2D eigenvalue weighted by molar-refractivity contribution is 5.63. The van der Waals surface area contributed by atoms with Crippen LogP contribution in [0.25, 0.3) is 11.5 Å². The van der Waals surface area contributed by atoms with Crippen molar-refractivity contribution in [2.24, 2.45) is 0 Å². The fourth-order valence-corrected chi connectivity index (χ4v) is 2.08. The molecule has 2 aromatic rings. The molecule has 0 saturated heterocycles. The largest absolute Gasteiger partial charge is 0.334 e. The zero-order valence-electron chi connectivity index (χ0n) is 12.1. The molecule has 2 rings (SSSR count). The third-order valence-electron chi connectivity index (χ3n) is 3.37. The summed E-state index contributed by atoms with van der Waals surface area (Å²) < 4.78 is 18.7. The fraction of sp³-hybridized carbons (Fsp3) is 0.400. The van der Waals surface area contributed by atoms with Crippen molar-refractivity contribution < 1.29 is 8.91 Å². The van der Waals surface area contributed by atoms with Crippen LogP contribution in [0, 0.1) is 17.1 Å². The van der Waals surface area contributed by atoms with Gasteiger partial charge < -0.3 is 9.42 Å². The molecule has 0 radical (unpaired) electrons. The molecule has 21 heavy (non-hydrogen) atoms. The van der Waals surface area contributed by atoms with Crippen LogP contribution in [-0.2, 0) is 6.42 Å². The van der Waals surface area contributed by atoms with Gasteiger partial charge in [-0.2, -0.15) is 10.2 Å². The topological polar surface area (TPSA) is 66.0 Å². The molecule has 1 aromatic heterocycles. The van der Waals surface area contributed by atoms with Crippen LogP contribution in [0.5, 0.6) is 0 Å². The average molecular weight is 288 g/mol. The van der Waals surface area contributed by atoms with Gasteiger partial charge in [-0.1, -0.05) is 25.1 Å². The highest BCUT2D eigenvalue weighted by Gasteiger charge is 2.16. The number of benzene rings is 1. The summed E-state index contributed by atoms with van der Waals surface area (Å²) in [5.74, 6) is 0.156. The summed E-state index contributed by atoms with van der Waals surface area (Å²) in [4.78, 5) is 6.50. The summed E-state index contributed by atoms with van der Waals surface area (Å²) in [6.07, 6.45) is 0.655. The van der Waals surface area contributed by atoms with Crippen molar-refractivity contribution in [3.05, 3.63) is 35.4 Å². The Morgan fingerprint density at radius 1 is 1.33 bits per heavy atom. The zero-order valence-corrected chi connectivity index (χ0v) is 12.1. The number of nitriles is 1. The van der Waals surface area contributed by atoms with Gasteiger partial charge >= 0.3 is 0 Å². The summed E-state index contributed by atoms with van der Waals surface area (Å²) in [7, 11) is 0. The van der Waals surface area contributed by atoms with E-state index in [4.69, 9.17) is 9.78 Å². The lowest BCUT2D eigenvalue weighted by Gasteiger charge is -2.16. The highest BCUT2D eigenvalue weighted by atomic mass is 19.1. The smallest absolute Gasteiger partial charge is 0.259 e. The number of aromatic nitrogens is 2. The monoisotopic (exact) mass is 288 g/mol. The molecule has 1 heterocycles. The molecular formula is C15H17FN4O. The van der Waals surface area contributed by atoms with Gasteiger partial charge in [0.2, 0.25) is 0 Å². The quantitative estimate of drug-likeness (QED) is 0.817. The Balaban J connectivity index is 2.17. The Morgan fingerprint density at radius 2 is 2.10 bits per heavy atom. The van der Waals surface area contributed by atoms with Crippen LogP contribution in [0.15, 0.2) is 22.7 Å². The number of hydrogen-bond donors (Lipinski definition) is 0. The van der Waals surface area contributed by atoms with Crippen LogP contribution in [0.3, 0.4) is 0 Å². The van der Waals surface area contributed by atoms with Gasteiger partial charge in [-0.05, 0) is 25.2 Å². The van der Waals surface area contributed by atoms with E-state index in [0.29, 0.717) is 17.8 Å². The maximum Gasteiger partial charge on any atom is 0.259 e. The molecule has 0 amide bonds. The maximum absolute atomic E-state index is 13.6. The molecule has 0 fully saturated rings. The second-order valence-corrected chi connectivity index (χ2v) is 4.57. The van der Waals surface area contributed by atoms with Gasteiger partial charge in [-0.3, -0.25) is 0 Å². The van der Waals surface area contributed by atoms with Crippen LogP contribution in [-0.4, -0.2) is 34.7 Å². The summed E-state index contributed by atoms with van der Waals surface area (Å²) in [6.45, 7) is 6.95. The van der Waals surface area contributed by atoms with Crippen LogP contribution < -0.4 is 0 Å². The summed E-state index contributed by atoms with van der Waals surface area (Å²) >= 11 is 0. The van der Waals surface area contributed by atoms with Gasteiger partial charge in [-0.25, -0.2) is 4.39 Å². The Bertz CT molecular complexity index is 643. The molecule has 0 bridgehead atoms. The second-order valence-electron chi connectivity index (χ2n) is 4.57. The van der Waals surface area contributed by atoms with Gasteiger partial charge in [0.05, 0.1) is 5.56 Å². The minimum absolute atomic E-state index is 0.0727. The first kappa shape index (κ1) is 15.1. The van der Waals surface area contributed by atoms with Crippen molar-refractivity contribution >= 4 is 0 Å². The number of nitrogens with zero attached hydrogens (tertiary/aromatic N) is 4. The Labute approximate surface area is 123 Å². The molecule has 110 valence electrons. The van der Waals surface area contributed by atoms with Gasteiger partial charge in [0.1, 0.15) is 17.4 Å². The molecule has 0 unspecified atom stereocenters. The van der Waals surface area contributed by atoms with Crippen molar-refractivity contribution in [3.8, 4) is 17.5 Å². The lowest BCUT2D eigenvalue weighted by Crippen LogP contribution is -2.25. The van der Waals surface area contributed by atoms with E-state index >= 15 is 0 Å². The van der Waals surface area contributed by atoms with E-state index in [1.165, 1.54) is 12.1 Å². The van der Waals surface area contributed by atoms with Crippen LogP contribution >= 0.6 is 0 Å². The lowest BCUT2D eigenvalue weighted by atomic mass is 10.1. The first-order chi connectivity index (χ1) is 10.2. The predicted molar refractivity (Wildman–Crippen MR) is 75.9 cm³/mol. The first-order valence-electron chi connectivity index (χ1n) is 6.93. The van der Waals surface area contributed by atoms with Gasteiger partial charge in [0.15, 0.2) is 5.82 Å². The molecule has 0 N–H and O–H groups in total. The maximum atomic E-state index is 13.6. The van der Waals surface area contributed by atoms with Crippen LogP contribution in [0.4, 0.5) is 4.39 Å². The first-order valence-corrected chi connectivity index (χ1v) is 6.93. The standard InChI is InChI=1S/C15H17FN4O/c1-3-20(4-2)9-8-14-18-15(21-19-14)11-6-5-7-13(16)12(11)10-17/h5-7H,3-4,8-9H2,1-2H3. The molecule has 0 spiro atoms. The van der Waals surface area contributed by atoms with E-state index in [0.717, 1.165) is 19.6 Å². The minimum atomic E-state index is -0.585. The van der Waals surface area contributed by atoms with Gasteiger partial charge in [0, 0.05) is 13.0 Å². The molecule has 0 saturated carbocycles. The summed E-state index contributed by atoms with van der Waals surface area (Å²) in [5.41, 5.74) is 0.260. The van der Waals surface area contributed by atoms with E-state index in [1.807, 2.05) is 6.07 Å². The van der Waals surface area contributed by atoms with Crippen molar-refractivity contribution in [2.75, 3.05) is 19.6 Å². The number of likely N-dealkylation sites (N-methyl/N-ethyl adjacent to an activating group) is 1. The van der Waals surface area contributed by atoms with E-state index in [-0.39, 0.29) is 11.5 Å². The zero-order chi connectivity index (χ0) is 15.2. The Hall–Kier alpha value is -2.26. The van der Waals surface area contributed by atoms with E-state index in [9.17, 15) is 4.39 Å². The molecule has 0 aliphatic heterocycles. The van der Waals surface area contributed by atoms with Gasteiger partial charge in [0.25, 0.3) is 5.89 Å². The van der Waals surface area contributed by atoms with Gasteiger partial charge in [-0.15, -0.1) is 0 Å². The summed E-state index contributed by atoms with van der Waals surface area (Å²) in [5, 5.41) is 12.9. The number of halogens is 1. The third kappa shape index (κ3) is 3.44. The normalized spacial score (nSPS) is 10.8. The molecule has 5 nitrogen and oxygen atoms in total. The SMILES string of the molecule is CCN(CC)CCc1noc(-c2cccc(F)c2C#N)n1. The minimum Gasteiger partial charge on any atom is -0.334 e. The van der Waals surface area contributed by atoms with Crippen LogP contribution in [0.1, 0.15) is 25.2 Å². The predicted octanol–water partition coefficient (Wildman–Crippen LogP) is 2.63. The number of hydrogen-bond acceptors (Lipinski definition) is 5. The van der Waals surface area contributed by atoms with E-state index in [2.05, 4.69) is 28.9 Å². The van der Waals surface area contributed by atoms with Crippen molar-refractivity contribution in [2.45, 2.75) is 20.3 Å². The second kappa shape index (κ2) is 6.95. The average Bonchev–Trinajstić information content (AvgIpc) is 2.97. The number of rotatable bonds is 6. The van der Waals surface area contributed by atoms with Crippen LogP contribution in [0.2, 0.25) is 0 Å². The summed E-state index contributed by atoms with van der Waals surface area (Å²) in [6, 6.07) is 6.18. The Morgan fingerprint density at radius 3 is 2.76 bits per heavy atom. The van der Waals surface area contributed by atoms with Crippen molar-refractivity contribution in [3.63, 3.8) is 0 Å².